The summed E-state index contributed by atoms with van der Waals surface area (Å²) in [7, 11) is 0. The smallest absolute Gasteiger partial charge is 0.238 e. The van der Waals surface area contributed by atoms with Crippen LogP contribution >= 0.6 is 0 Å². The lowest BCUT2D eigenvalue weighted by Crippen LogP contribution is -2.09. The largest absolute Gasteiger partial charge is 0.309 e. The quantitative estimate of drug-likeness (QED) is 0.175. The van der Waals surface area contributed by atoms with Gasteiger partial charge in [0.25, 0.3) is 0 Å². The van der Waals surface area contributed by atoms with Crippen molar-refractivity contribution in [3.05, 3.63) is 193 Å². The van der Waals surface area contributed by atoms with Crippen LogP contribution in [-0.2, 0) is 0 Å². The normalized spacial score (nSPS) is 11.9. The minimum atomic E-state index is 0.561. The van der Waals surface area contributed by atoms with Gasteiger partial charge in [-0.1, -0.05) is 114 Å². The fourth-order valence-electron chi connectivity index (χ4n) is 9.42. The number of aromatic nitrogens is 6. The zero-order valence-corrected chi connectivity index (χ0v) is 33.4. The lowest BCUT2D eigenvalue weighted by molar-refractivity contribution is 0.950. The highest BCUT2D eigenvalue weighted by Gasteiger charge is 2.23. The Bertz CT molecular complexity index is 3530. The van der Waals surface area contributed by atoms with Gasteiger partial charge in [-0.2, -0.15) is 9.97 Å². The van der Waals surface area contributed by atoms with Crippen LogP contribution in [0.5, 0.6) is 0 Å². The number of hydrogen-bond acceptors (Lipinski definition) is 3. The van der Waals surface area contributed by atoms with Crippen LogP contribution in [0.25, 0.3) is 106 Å². The molecule has 0 unspecified atom stereocenters. The number of hydrogen-bond donors (Lipinski definition) is 0. The van der Waals surface area contributed by atoms with Gasteiger partial charge in [0.1, 0.15) is 0 Å². The van der Waals surface area contributed by atoms with Crippen LogP contribution < -0.4 is 0 Å². The van der Waals surface area contributed by atoms with Crippen LogP contribution in [0.1, 0.15) is 16.7 Å². The molecule has 0 atom stereocenters. The van der Waals surface area contributed by atoms with E-state index in [9.17, 15) is 0 Å². The molecule has 0 amide bonds. The molecular weight excluding hydrogens is 733 g/mol. The molecule has 4 heterocycles. The zero-order chi connectivity index (χ0) is 40.1. The Morgan fingerprint density at radius 1 is 0.300 bits per heavy atom. The number of nitrogens with zero attached hydrogens (tertiary/aromatic N) is 6. The van der Waals surface area contributed by atoms with E-state index in [1.165, 1.54) is 38.2 Å². The van der Waals surface area contributed by atoms with Crippen LogP contribution in [0.15, 0.2) is 176 Å². The van der Waals surface area contributed by atoms with Crippen molar-refractivity contribution in [1.29, 1.82) is 0 Å². The SMILES string of the molecule is Cc1ccc2c(c1)c1ccccc1n2-c1nc(-c2ccccc2-n2c3ccccc3c3cc(C)ccc32)nc(-c2ccccc2-n2c3ccccc3c3cc(C)ccc32)n1. The third kappa shape index (κ3) is 5.10. The number of fused-ring (bicyclic) bond motifs is 9. The van der Waals surface area contributed by atoms with Crippen LogP contribution in [0.3, 0.4) is 0 Å². The molecule has 4 aromatic heterocycles. The molecule has 12 aromatic rings. The molecule has 284 valence electrons. The molecule has 8 aromatic carbocycles. The Balaban J connectivity index is 1.18. The lowest BCUT2D eigenvalue weighted by atomic mass is 10.1. The summed E-state index contributed by atoms with van der Waals surface area (Å²) in [6.45, 7) is 6.45. The predicted octanol–water partition coefficient (Wildman–Crippen LogP) is 13.4. The van der Waals surface area contributed by atoms with E-state index >= 15 is 0 Å². The van der Waals surface area contributed by atoms with Crippen LogP contribution in [-0.4, -0.2) is 28.7 Å². The molecule has 0 aliphatic carbocycles. The van der Waals surface area contributed by atoms with E-state index < -0.39 is 0 Å². The van der Waals surface area contributed by atoms with Crippen molar-refractivity contribution >= 4 is 65.4 Å². The molecule has 0 aliphatic rings. The highest BCUT2D eigenvalue weighted by atomic mass is 15.2. The molecule has 6 heteroatoms. The van der Waals surface area contributed by atoms with Crippen molar-refractivity contribution in [1.82, 2.24) is 28.7 Å². The second-order valence-electron chi connectivity index (χ2n) is 15.9. The number of aryl methyl sites for hydroxylation is 3. The van der Waals surface area contributed by atoms with Gasteiger partial charge in [-0.05, 0) is 99.6 Å². The molecule has 6 nitrogen and oxygen atoms in total. The fraction of sp³-hybridized carbons (Fsp3) is 0.0556. The van der Waals surface area contributed by atoms with Gasteiger partial charge in [0, 0.05) is 43.4 Å². The molecule has 0 N–H and O–H groups in total. The average molecular weight is 771 g/mol. The van der Waals surface area contributed by atoms with Crippen LogP contribution in [0, 0.1) is 20.8 Å². The average Bonchev–Trinajstić information content (AvgIpc) is 3.91. The second kappa shape index (κ2) is 13.1. The summed E-state index contributed by atoms with van der Waals surface area (Å²) in [5.74, 6) is 1.74. The predicted molar refractivity (Wildman–Crippen MR) is 248 cm³/mol. The second-order valence-corrected chi connectivity index (χ2v) is 15.9. The molecule has 0 aliphatic heterocycles. The van der Waals surface area contributed by atoms with Crippen molar-refractivity contribution in [2.75, 3.05) is 0 Å². The molecular formula is C54H38N6. The van der Waals surface area contributed by atoms with Gasteiger partial charge in [-0.25, -0.2) is 4.98 Å². The standard InChI is InChI=1S/C54H38N6/c1-33-24-27-49-41(30-33)36-14-4-9-19-44(36)58(49)47-22-12-7-17-39(47)52-55-53(57-54(56-52)60-46-21-11-6-16-38(46)43-32-35(3)26-29-51(43)60)40-18-8-13-23-48(40)59-45-20-10-5-15-37(45)42-31-34(2)25-28-50(42)59/h4-32H,1-3H3. The van der Waals surface area contributed by atoms with Crippen molar-refractivity contribution in [3.8, 4) is 40.1 Å². The maximum absolute atomic E-state index is 5.49. The first kappa shape index (κ1) is 34.2. The first-order valence-electron chi connectivity index (χ1n) is 20.5. The molecule has 0 spiro atoms. The van der Waals surface area contributed by atoms with Crippen molar-refractivity contribution in [2.24, 2.45) is 0 Å². The van der Waals surface area contributed by atoms with E-state index in [2.05, 4.69) is 210 Å². The lowest BCUT2D eigenvalue weighted by Gasteiger charge is -2.17. The number of rotatable bonds is 5. The summed E-state index contributed by atoms with van der Waals surface area (Å²) >= 11 is 0. The fourth-order valence-corrected chi connectivity index (χ4v) is 9.42. The summed E-state index contributed by atoms with van der Waals surface area (Å²) in [4.78, 5) is 16.4. The van der Waals surface area contributed by atoms with E-state index in [1.807, 2.05) is 0 Å². The Labute approximate surface area is 346 Å². The van der Waals surface area contributed by atoms with E-state index in [4.69, 9.17) is 15.0 Å². The van der Waals surface area contributed by atoms with Gasteiger partial charge < -0.3 is 9.13 Å². The highest BCUT2D eigenvalue weighted by molar-refractivity contribution is 6.12. The van der Waals surface area contributed by atoms with E-state index in [1.54, 1.807) is 0 Å². The summed E-state index contributed by atoms with van der Waals surface area (Å²) in [5, 5.41) is 7.16. The van der Waals surface area contributed by atoms with E-state index in [0.717, 1.165) is 66.4 Å². The molecule has 0 radical (unpaired) electrons. The number of benzene rings is 8. The first-order chi connectivity index (χ1) is 29.5. The minimum absolute atomic E-state index is 0.561. The monoisotopic (exact) mass is 770 g/mol. The van der Waals surface area contributed by atoms with Gasteiger partial charge >= 0.3 is 0 Å². The van der Waals surface area contributed by atoms with Gasteiger partial charge in [-0.15, -0.1) is 0 Å². The van der Waals surface area contributed by atoms with Crippen molar-refractivity contribution in [2.45, 2.75) is 20.8 Å². The third-order valence-corrected chi connectivity index (χ3v) is 12.1. The summed E-state index contributed by atoms with van der Waals surface area (Å²) in [6, 6.07) is 62.9. The molecule has 0 saturated heterocycles. The Hall–Kier alpha value is -7.83. The minimum Gasteiger partial charge on any atom is -0.309 e. The third-order valence-electron chi connectivity index (χ3n) is 12.1. The van der Waals surface area contributed by atoms with Crippen LogP contribution in [0.4, 0.5) is 0 Å². The molecule has 60 heavy (non-hydrogen) atoms. The Kier molecular flexibility index (Phi) is 7.47. The zero-order valence-electron chi connectivity index (χ0n) is 33.4. The molecule has 0 saturated carbocycles. The van der Waals surface area contributed by atoms with E-state index in [0.29, 0.717) is 17.6 Å². The van der Waals surface area contributed by atoms with Gasteiger partial charge in [0.05, 0.1) is 44.5 Å². The summed E-state index contributed by atoms with van der Waals surface area (Å²) in [5.41, 5.74) is 14.1. The topological polar surface area (TPSA) is 53.5 Å². The summed E-state index contributed by atoms with van der Waals surface area (Å²) < 4.78 is 6.93. The Morgan fingerprint density at radius 2 is 0.633 bits per heavy atom. The first-order valence-corrected chi connectivity index (χ1v) is 20.5. The molecule has 0 bridgehead atoms. The Morgan fingerprint density at radius 3 is 1.07 bits per heavy atom. The van der Waals surface area contributed by atoms with Crippen LogP contribution in [0.2, 0.25) is 0 Å². The van der Waals surface area contributed by atoms with Gasteiger partial charge in [-0.3, -0.25) is 4.57 Å². The maximum Gasteiger partial charge on any atom is 0.238 e. The van der Waals surface area contributed by atoms with E-state index in [-0.39, 0.29) is 0 Å². The molecule has 12 rings (SSSR count). The van der Waals surface area contributed by atoms with Gasteiger partial charge in [0.2, 0.25) is 5.95 Å². The van der Waals surface area contributed by atoms with Crippen molar-refractivity contribution in [3.63, 3.8) is 0 Å². The maximum atomic E-state index is 5.49. The molecule has 0 fully saturated rings. The van der Waals surface area contributed by atoms with Crippen molar-refractivity contribution < 1.29 is 0 Å². The summed E-state index contributed by atoms with van der Waals surface area (Å²) in [6.07, 6.45) is 0. The highest BCUT2D eigenvalue weighted by Crippen LogP contribution is 2.40. The number of para-hydroxylation sites is 5. The van der Waals surface area contributed by atoms with Gasteiger partial charge in [0.15, 0.2) is 11.6 Å².